The number of aliphatic hydroxyl groups is 1. The molecule has 0 aromatic heterocycles. The van der Waals surface area contributed by atoms with E-state index in [-0.39, 0.29) is 30.4 Å². The highest BCUT2D eigenvalue weighted by Crippen LogP contribution is 2.64. The summed E-state index contributed by atoms with van der Waals surface area (Å²) in [6, 6.07) is -0.643. The van der Waals surface area contributed by atoms with Crippen LogP contribution < -0.4 is 0 Å². The lowest BCUT2D eigenvalue weighted by Gasteiger charge is -2.41. The minimum atomic E-state index is -1.03. The number of hydrogen-bond acceptors (Lipinski definition) is 6. The van der Waals surface area contributed by atoms with Gasteiger partial charge in [-0.3, -0.25) is 14.4 Å². The molecule has 1 aliphatic carbocycles. The van der Waals surface area contributed by atoms with Gasteiger partial charge in [0.2, 0.25) is 11.8 Å². The third-order valence-corrected chi connectivity index (χ3v) is 9.90. The molecule has 1 N–H and O–H groups in total. The van der Waals surface area contributed by atoms with Crippen molar-refractivity contribution in [2.45, 2.75) is 120 Å². The Bertz CT molecular complexity index is 932. The summed E-state index contributed by atoms with van der Waals surface area (Å²) >= 11 is 0. The van der Waals surface area contributed by atoms with E-state index in [0.29, 0.717) is 51.8 Å². The van der Waals surface area contributed by atoms with Crippen LogP contribution >= 0.6 is 0 Å². The second-order valence-electron chi connectivity index (χ2n) is 12.2. The maximum Gasteiger partial charge on any atom is 0.312 e. The number of carbonyl (C=O) groups is 3. The van der Waals surface area contributed by atoms with Crippen molar-refractivity contribution in [3.63, 3.8) is 0 Å². The molecular weight excluding hydrogens is 508 g/mol. The van der Waals surface area contributed by atoms with Gasteiger partial charge in [0, 0.05) is 25.7 Å². The fourth-order valence-corrected chi connectivity index (χ4v) is 7.93. The molecular formula is C32H50N2O6. The van der Waals surface area contributed by atoms with Gasteiger partial charge >= 0.3 is 5.97 Å². The summed E-state index contributed by atoms with van der Waals surface area (Å²) in [4.78, 5) is 46.2. The van der Waals surface area contributed by atoms with Gasteiger partial charge in [0.1, 0.15) is 17.6 Å². The molecule has 3 heterocycles. The molecule has 3 saturated heterocycles. The van der Waals surface area contributed by atoms with E-state index < -0.39 is 29.1 Å². The molecule has 3 aliphatic heterocycles. The Morgan fingerprint density at radius 3 is 2.55 bits per heavy atom. The lowest BCUT2D eigenvalue weighted by Crippen LogP contribution is -2.58. The van der Waals surface area contributed by atoms with Crippen LogP contribution in [0.25, 0.3) is 0 Å². The summed E-state index contributed by atoms with van der Waals surface area (Å²) in [7, 11) is 0. The molecule has 224 valence electrons. The van der Waals surface area contributed by atoms with E-state index in [1.54, 1.807) is 11.0 Å². The largest absolute Gasteiger partial charge is 0.465 e. The van der Waals surface area contributed by atoms with Crippen LogP contribution in [0.3, 0.4) is 0 Å². The molecule has 4 fully saturated rings. The van der Waals surface area contributed by atoms with Crippen molar-refractivity contribution in [2.75, 3.05) is 26.3 Å². The van der Waals surface area contributed by atoms with Crippen LogP contribution in [-0.4, -0.2) is 82.3 Å². The Hall–Kier alpha value is -2.19. The number of nitrogens with zero attached hydrogens (tertiary/aromatic N) is 2. The average molecular weight is 559 g/mol. The molecule has 0 aromatic carbocycles. The van der Waals surface area contributed by atoms with Crippen LogP contribution in [0.1, 0.15) is 96.8 Å². The number of carbonyl (C=O) groups excluding carboxylic acids is 3. The maximum atomic E-state index is 14.6. The molecule has 4 aliphatic rings. The van der Waals surface area contributed by atoms with Crippen LogP contribution in [0, 0.1) is 11.8 Å². The van der Waals surface area contributed by atoms with Gasteiger partial charge in [0.25, 0.3) is 0 Å². The van der Waals surface area contributed by atoms with E-state index in [1.165, 1.54) is 6.42 Å². The van der Waals surface area contributed by atoms with Gasteiger partial charge in [-0.25, -0.2) is 0 Å². The van der Waals surface area contributed by atoms with E-state index in [0.717, 1.165) is 51.4 Å². The summed E-state index contributed by atoms with van der Waals surface area (Å²) in [5.74, 6) is -2.03. The standard InChI is InChI=1S/C32H50N2O6/c1-4-7-8-15-23-39-30(38)26-25-28(36)34(21-13-10-14-22-35)27(32(25)19-18-31(26,6-3)40-32)29(37)33(20-5-2)24-16-11-9-12-17-24/h4-5,24-27,35H,1-2,6-23H2,3H3/t25-,26+,27?,31-,32?/m0/s1. The van der Waals surface area contributed by atoms with Crippen LogP contribution in [0.15, 0.2) is 25.3 Å². The first kappa shape index (κ1) is 30.8. The van der Waals surface area contributed by atoms with E-state index in [9.17, 15) is 19.5 Å². The second-order valence-corrected chi connectivity index (χ2v) is 12.2. The summed E-state index contributed by atoms with van der Waals surface area (Å²) in [5, 5.41) is 9.29. The zero-order valence-corrected chi connectivity index (χ0v) is 24.5. The Balaban J connectivity index is 1.66. The summed E-state index contributed by atoms with van der Waals surface area (Å²) in [6.07, 6.45) is 15.3. The molecule has 1 saturated carbocycles. The molecule has 5 atom stereocenters. The summed E-state index contributed by atoms with van der Waals surface area (Å²) < 4.78 is 12.7. The fraction of sp³-hybridized carbons (Fsp3) is 0.781. The Labute approximate surface area is 240 Å². The van der Waals surface area contributed by atoms with Gasteiger partial charge in [-0.05, 0) is 70.6 Å². The molecule has 8 nitrogen and oxygen atoms in total. The fourth-order valence-electron chi connectivity index (χ4n) is 7.93. The normalized spacial score (nSPS) is 31.3. The zero-order chi connectivity index (χ0) is 28.8. The average Bonchev–Trinajstić information content (AvgIpc) is 3.57. The minimum Gasteiger partial charge on any atom is -0.465 e. The number of esters is 1. The SMILES string of the molecule is C=CCCCCOC(=O)[C@H]1[C@H]2C(=O)N(CCCCCO)C(C(=O)N(CC=C)C3CCCCC3)C23CC[C@]1(CC)O3. The monoisotopic (exact) mass is 558 g/mol. The van der Waals surface area contributed by atoms with E-state index in [2.05, 4.69) is 13.2 Å². The van der Waals surface area contributed by atoms with Gasteiger partial charge in [-0.1, -0.05) is 38.3 Å². The number of likely N-dealkylation sites (tertiary alicyclic amines) is 1. The van der Waals surface area contributed by atoms with Gasteiger partial charge in [0.15, 0.2) is 0 Å². The summed E-state index contributed by atoms with van der Waals surface area (Å²) in [5.41, 5.74) is -1.81. The number of hydrogen-bond donors (Lipinski definition) is 1. The van der Waals surface area contributed by atoms with E-state index >= 15 is 0 Å². The first-order valence-electron chi connectivity index (χ1n) is 15.7. The minimum absolute atomic E-state index is 0.0739. The molecule has 40 heavy (non-hydrogen) atoms. The molecule has 0 aromatic rings. The van der Waals surface area contributed by atoms with Crippen LogP contribution in [0.4, 0.5) is 0 Å². The molecule has 8 heteroatoms. The smallest absolute Gasteiger partial charge is 0.312 e. The predicted molar refractivity (Wildman–Crippen MR) is 153 cm³/mol. The Morgan fingerprint density at radius 1 is 1.10 bits per heavy atom. The number of rotatable bonds is 16. The first-order chi connectivity index (χ1) is 19.4. The lowest BCUT2D eigenvalue weighted by molar-refractivity contribution is -0.162. The van der Waals surface area contributed by atoms with Crippen molar-refractivity contribution in [3.05, 3.63) is 25.3 Å². The van der Waals surface area contributed by atoms with E-state index in [1.807, 2.05) is 17.9 Å². The topological polar surface area (TPSA) is 96.4 Å². The van der Waals surface area contributed by atoms with Gasteiger partial charge in [-0.15, -0.1) is 13.2 Å². The molecule has 2 unspecified atom stereocenters. The molecule has 2 amide bonds. The molecule has 0 radical (unpaired) electrons. The third kappa shape index (κ3) is 5.63. The van der Waals surface area contributed by atoms with Crippen molar-refractivity contribution >= 4 is 17.8 Å². The number of fused-ring (bicyclic) bond motifs is 1. The Kier molecular flexibility index (Phi) is 10.5. The highest BCUT2D eigenvalue weighted by Gasteiger charge is 2.79. The van der Waals surface area contributed by atoms with Crippen LogP contribution in [-0.2, 0) is 23.9 Å². The van der Waals surface area contributed by atoms with Crippen molar-refractivity contribution < 1.29 is 29.0 Å². The lowest BCUT2D eigenvalue weighted by atomic mass is 9.65. The summed E-state index contributed by atoms with van der Waals surface area (Å²) in [6.45, 7) is 10.9. The van der Waals surface area contributed by atoms with Crippen molar-refractivity contribution in [1.29, 1.82) is 0 Å². The second kappa shape index (κ2) is 13.6. The molecule has 2 bridgehead atoms. The quantitative estimate of drug-likeness (QED) is 0.170. The van der Waals surface area contributed by atoms with Crippen LogP contribution in [0.2, 0.25) is 0 Å². The van der Waals surface area contributed by atoms with Crippen molar-refractivity contribution in [3.8, 4) is 0 Å². The van der Waals surface area contributed by atoms with Crippen LogP contribution in [0.5, 0.6) is 0 Å². The number of amides is 2. The van der Waals surface area contributed by atoms with Crippen molar-refractivity contribution in [1.82, 2.24) is 9.80 Å². The zero-order valence-electron chi connectivity index (χ0n) is 24.5. The van der Waals surface area contributed by atoms with Gasteiger partial charge in [0.05, 0.1) is 18.1 Å². The van der Waals surface area contributed by atoms with Gasteiger partial charge in [-0.2, -0.15) is 0 Å². The number of ether oxygens (including phenoxy) is 2. The first-order valence-corrected chi connectivity index (χ1v) is 15.7. The number of aliphatic hydroxyl groups excluding tert-OH is 1. The highest BCUT2D eigenvalue weighted by molar-refractivity contribution is 5.98. The van der Waals surface area contributed by atoms with Gasteiger partial charge < -0.3 is 24.4 Å². The van der Waals surface area contributed by atoms with Crippen molar-refractivity contribution in [2.24, 2.45) is 11.8 Å². The molecule has 1 spiro atoms. The molecule has 4 rings (SSSR count). The predicted octanol–water partition coefficient (Wildman–Crippen LogP) is 4.55. The number of unbranched alkanes of at least 4 members (excludes halogenated alkanes) is 4. The Morgan fingerprint density at radius 2 is 1.88 bits per heavy atom. The van der Waals surface area contributed by atoms with E-state index in [4.69, 9.17) is 9.47 Å². The number of allylic oxidation sites excluding steroid dienone is 1. The highest BCUT2D eigenvalue weighted by atomic mass is 16.6. The maximum absolute atomic E-state index is 14.6. The third-order valence-electron chi connectivity index (χ3n) is 9.90.